The van der Waals surface area contributed by atoms with Crippen LogP contribution in [0.15, 0.2) is 18.2 Å². The second kappa shape index (κ2) is 12.4. The summed E-state index contributed by atoms with van der Waals surface area (Å²) in [5.74, 6) is -0.232. The fourth-order valence-corrected chi connectivity index (χ4v) is 2.78. The number of unbranched alkanes of at least 4 members (excludes halogenated alkanes) is 2. The van der Waals surface area contributed by atoms with Gasteiger partial charge in [0.2, 0.25) is 0 Å². The number of rotatable bonds is 13. The normalized spacial score (nSPS) is 12.9. The Labute approximate surface area is 168 Å². The van der Waals surface area contributed by atoms with Crippen molar-refractivity contribution in [3.63, 3.8) is 0 Å². The Morgan fingerprint density at radius 3 is 2.36 bits per heavy atom. The minimum atomic E-state index is -0.912. The summed E-state index contributed by atoms with van der Waals surface area (Å²) in [7, 11) is 0. The second-order valence-corrected chi connectivity index (χ2v) is 6.85. The molecule has 0 saturated carbocycles. The molecule has 1 aromatic carbocycles. The lowest BCUT2D eigenvalue weighted by atomic mass is 9.97. The number of hydrogen-bond acceptors (Lipinski definition) is 5. The molecule has 0 spiro atoms. The number of anilines is 1. The number of benzene rings is 1. The van der Waals surface area contributed by atoms with Crippen LogP contribution in [0.1, 0.15) is 77.1 Å². The van der Waals surface area contributed by atoms with Crippen molar-refractivity contribution < 1.29 is 23.8 Å². The molecule has 28 heavy (non-hydrogen) atoms. The van der Waals surface area contributed by atoms with Gasteiger partial charge in [0.25, 0.3) is 5.91 Å². The highest BCUT2D eigenvalue weighted by Crippen LogP contribution is 2.26. The Balaban J connectivity index is 3.04. The van der Waals surface area contributed by atoms with Crippen LogP contribution in [0.25, 0.3) is 0 Å². The Bertz CT molecular complexity index is 631. The summed E-state index contributed by atoms with van der Waals surface area (Å²) in [5.41, 5.74) is -0.0914. The minimum Gasteiger partial charge on any atom is -0.493 e. The summed E-state index contributed by atoms with van der Waals surface area (Å²) >= 11 is 0. The molecule has 0 fully saturated rings. The van der Waals surface area contributed by atoms with E-state index in [2.05, 4.69) is 19.2 Å². The van der Waals surface area contributed by atoms with E-state index in [0.29, 0.717) is 36.6 Å². The van der Waals surface area contributed by atoms with Gasteiger partial charge in [-0.2, -0.15) is 0 Å². The van der Waals surface area contributed by atoms with Crippen molar-refractivity contribution in [2.75, 3.05) is 25.1 Å². The third-order valence-corrected chi connectivity index (χ3v) is 4.44. The molecule has 0 radical (unpaired) electrons. The third-order valence-electron chi connectivity index (χ3n) is 4.44. The van der Waals surface area contributed by atoms with Crippen molar-refractivity contribution >= 4 is 17.6 Å². The van der Waals surface area contributed by atoms with E-state index in [0.717, 1.165) is 25.7 Å². The molecule has 1 atom stereocenters. The maximum Gasteiger partial charge on any atom is 0.341 e. The molecule has 0 unspecified atom stereocenters. The van der Waals surface area contributed by atoms with E-state index in [-0.39, 0.29) is 12.5 Å². The summed E-state index contributed by atoms with van der Waals surface area (Å²) in [6.07, 6.45) is 4.39. The average Bonchev–Trinajstić information content (AvgIpc) is 2.67. The van der Waals surface area contributed by atoms with Gasteiger partial charge in [-0.3, -0.25) is 4.79 Å². The SMILES string of the molecule is CCCCOc1ccc(NC(=O)[C@@](C)(CCCC)OCC)cc1C(=O)OCC. The maximum atomic E-state index is 12.8. The van der Waals surface area contributed by atoms with Crippen molar-refractivity contribution in [1.82, 2.24) is 0 Å². The zero-order valence-electron chi connectivity index (χ0n) is 17.9. The molecule has 1 amide bonds. The molecule has 0 aliphatic heterocycles. The van der Waals surface area contributed by atoms with E-state index in [4.69, 9.17) is 14.2 Å². The Morgan fingerprint density at radius 1 is 1.04 bits per heavy atom. The molecule has 0 heterocycles. The smallest absolute Gasteiger partial charge is 0.341 e. The second-order valence-electron chi connectivity index (χ2n) is 6.85. The summed E-state index contributed by atoms with van der Waals surface area (Å²) in [6.45, 7) is 10.8. The van der Waals surface area contributed by atoms with Gasteiger partial charge in [0.1, 0.15) is 16.9 Å². The molecule has 1 N–H and O–H groups in total. The highest BCUT2D eigenvalue weighted by Gasteiger charge is 2.33. The first kappa shape index (κ1) is 24.0. The van der Waals surface area contributed by atoms with Crippen LogP contribution in [-0.2, 0) is 14.3 Å². The molecule has 0 bridgehead atoms. The zero-order chi connectivity index (χ0) is 21.0. The van der Waals surface area contributed by atoms with Crippen LogP contribution in [-0.4, -0.2) is 37.3 Å². The zero-order valence-corrected chi connectivity index (χ0v) is 17.9. The first-order chi connectivity index (χ1) is 13.4. The Morgan fingerprint density at radius 2 is 1.75 bits per heavy atom. The van der Waals surface area contributed by atoms with Crippen LogP contribution < -0.4 is 10.1 Å². The number of carbonyl (C=O) groups excluding carboxylic acids is 2. The van der Waals surface area contributed by atoms with Gasteiger partial charge in [-0.1, -0.05) is 33.1 Å². The molecular formula is C22H35NO5. The van der Waals surface area contributed by atoms with E-state index in [1.807, 2.05) is 6.92 Å². The molecular weight excluding hydrogens is 358 g/mol. The molecule has 0 aromatic heterocycles. The molecule has 0 aliphatic carbocycles. The van der Waals surface area contributed by atoms with Gasteiger partial charge in [-0.15, -0.1) is 0 Å². The standard InChI is InChI=1S/C22H35NO5/c1-6-10-14-22(5,28-9-4)21(25)23-17-12-13-19(27-15-11-7-2)18(16-17)20(24)26-8-3/h12-13,16H,6-11,14-15H2,1-5H3,(H,23,25)/t22-/m1/s1. The average molecular weight is 394 g/mol. The van der Waals surface area contributed by atoms with Crippen molar-refractivity contribution in [3.8, 4) is 5.75 Å². The van der Waals surface area contributed by atoms with Crippen LogP contribution in [0.5, 0.6) is 5.75 Å². The molecule has 0 saturated heterocycles. The van der Waals surface area contributed by atoms with Crippen molar-refractivity contribution in [3.05, 3.63) is 23.8 Å². The molecule has 6 nitrogen and oxygen atoms in total. The van der Waals surface area contributed by atoms with Crippen LogP contribution >= 0.6 is 0 Å². The Hall–Kier alpha value is -2.08. The lowest BCUT2D eigenvalue weighted by Crippen LogP contribution is -2.42. The number of amides is 1. The first-order valence-corrected chi connectivity index (χ1v) is 10.3. The van der Waals surface area contributed by atoms with Crippen LogP contribution in [0, 0.1) is 0 Å². The molecule has 158 valence electrons. The Kier molecular flexibility index (Phi) is 10.6. The van der Waals surface area contributed by atoms with E-state index in [1.54, 1.807) is 32.0 Å². The largest absolute Gasteiger partial charge is 0.493 e. The van der Waals surface area contributed by atoms with Gasteiger partial charge < -0.3 is 19.5 Å². The predicted octanol–water partition coefficient (Wildman–Crippen LogP) is 4.97. The van der Waals surface area contributed by atoms with Crippen LogP contribution in [0.3, 0.4) is 0 Å². The van der Waals surface area contributed by atoms with Crippen molar-refractivity contribution in [2.45, 2.75) is 72.3 Å². The van der Waals surface area contributed by atoms with Gasteiger partial charge in [-0.05, 0) is 51.8 Å². The van der Waals surface area contributed by atoms with E-state index in [1.165, 1.54) is 0 Å². The summed E-state index contributed by atoms with van der Waals surface area (Å²) in [4.78, 5) is 25.2. The highest BCUT2D eigenvalue weighted by atomic mass is 16.5. The molecule has 1 aromatic rings. The lowest BCUT2D eigenvalue weighted by molar-refractivity contribution is -0.139. The number of hydrogen-bond donors (Lipinski definition) is 1. The number of esters is 1. The summed E-state index contributed by atoms with van der Waals surface area (Å²) in [5, 5.41) is 2.88. The van der Waals surface area contributed by atoms with E-state index >= 15 is 0 Å². The van der Waals surface area contributed by atoms with Gasteiger partial charge in [0.15, 0.2) is 0 Å². The summed E-state index contributed by atoms with van der Waals surface area (Å²) < 4.78 is 16.6. The van der Waals surface area contributed by atoms with Gasteiger partial charge in [0, 0.05) is 12.3 Å². The number of carbonyl (C=O) groups is 2. The van der Waals surface area contributed by atoms with Crippen LogP contribution in [0.4, 0.5) is 5.69 Å². The molecule has 0 aliphatic rings. The quantitative estimate of drug-likeness (QED) is 0.378. The minimum absolute atomic E-state index is 0.225. The first-order valence-electron chi connectivity index (χ1n) is 10.3. The topological polar surface area (TPSA) is 73.9 Å². The molecule has 1 rings (SSSR count). The molecule has 6 heteroatoms. The summed E-state index contributed by atoms with van der Waals surface area (Å²) in [6, 6.07) is 5.03. The van der Waals surface area contributed by atoms with Gasteiger partial charge >= 0.3 is 5.97 Å². The third kappa shape index (κ3) is 7.15. The van der Waals surface area contributed by atoms with E-state index < -0.39 is 11.6 Å². The fourth-order valence-electron chi connectivity index (χ4n) is 2.78. The van der Waals surface area contributed by atoms with E-state index in [9.17, 15) is 9.59 Å². The predicted molar refractivity (Wildman–Crippen MR) is 111 cm³/mol. The number of ether oxygens (including phenoxy) is 3. The lowest BCUT2D eigenvalue weighted by Gasteiger charge is -2.28. The van der Waals surface area contributed by atoms with Crippen molar-refractivity contribution in [2.24, 2.45) is 0 Å². The van der Waals surface area contributed by atoms with Gasteiger partial charge in [-0.25, -0.2) is 4.79 Å². The highest BCUT2D eigenvalue weighted by molar-refractivity contribution is 5.99. The van der Waals surface area contributed by atoms with Gasteiger partial charge in [0.05, 0.1) is 13.2 Å². The maximum absolute atomic E-state index is 12.8. The number of nitrogens with one attached hydrogen (secondary N) is 1. The van der Waals surface area contributed by atoms with Crippen LogP contribution in [0.2, 0.25) is 0 Å². The fraction of sp³-hybridized carbons (Fsp3) is 0.636. The van der Waals surface area contributed by atoms with Crippen molar-refractivity contribution in [1.29, 1.82) is 0 Å². The monoisotopic (exact) mass is 393 g/mol.